The summed E-state index contributed by atoms with van der Waals surface area (Å²) in [6, 6.07) is 18.4. The minimum atomic E-state index is -0.976. The van der Waals surface area contributed by atoms with E-state index < -0.39 is 37.1 Å². The van der Waals surface area contributed by atoms with Crippen molar-refractivity contribution >= 4 is 35.5 Å². The van der Waals surface area contributed by atoms with Gasteiger partial charge in [0.25, 0.3) is 0 Å². The van der Waals surface area contributed by atoms with Crippen LogP contribution in [0.4, 0.5) is 11.6 Å². The number of hydrogen-bond donors (Lipinski definition) is 2. The van der Waals surface area contributed by atoms with E-state index in [2.05, 4.69) is 30.1 Å². The van der Waals surface area contributed by atoms with Gasteiger partial charge in [0.2, 0.25) is 0 Å². The number of nitrogens with zero attached hydrogens (tertiary/aromatic N) is 2. The van der Waals surface area contributed by atoms with Crippen molar-refractivity contribution in [3.05, 3.63) is 83.2 Å². The lowest BCUT2D eigenvalue weighted by molar-refractivity contribution is -0.144. The largest absolute Gasteiger partial charge is 0.466 e. The minimum absolute atomic E-state index is 0.0981. The first-order chi connectivity index (χ1) is 18.4. The fourth-order valence-corrected chi connectivity index (χ4v) is 3.03. The molecule has 0 atom stereocenters. The number of benzene rings is 2. The van der Waals surface area contributed by atoms with Crippen molar-refractivity contribution in [3.8, 4) is 0 Å². The zero-order valence-electron chi connectivity index (χ0n) is 20.8. The van der Waals surface area contributed by atoms with Gasteiger partial charge in [-0.3, -0.25) is 0 Å². The Balaban J connectivity index is 1.98. The Hall–Kier alpha value is -5.00. The van der Waals surface area contributed by atoms with Gasteiger partial charge >= 0.3 is 23.9 Å². The summed E-state index contributed by atoms with van der Waals surface area (Å²) in [6.07, 6.45) is 0. The Morgan fingerprint density at radius 3 is 1.34 bits per heavy atom. The van der Waals surface area contributed by atoms with Crippen LogP contribution in [0.25, 0.3) is 0 Å². The lowest BCUT2D eigenvalue weighted by atomic mass is 10.2. The summed E-state index contributed by atoms with van der Waals surface area (Å²) < 4.78 is 19.1. The van der Waals surface area contributed by atoms with Crippen molar-refractivity contribution in [1.82, 2.24) is 9.97 Å². The van der Waals surface area contributed by atoms with Crippen LogP contribution in [-0.4, -0.2) is 61.3 Å². The molecule has 1 aromatic heterocycles. The summed E-state index contributed by atoms with van der Waals surface area (Å²) in [7, 11) is 2.31. The van der Waals surface area contributed by atoms with Crippen LogP contribution < -0.4 is 10.6 Å². The van der Waals surface area contributed by atoms with E-state index in [0.717, 1.165) is 25.3 Å². The molecule has 0 bridgehead atoms. The van der Waals surface area contributed by atoms with Gasteiger partial charge in [-0.1, -0.05) is 60.7 Å². The summed E-state index contributed by atoms with van der Waals surface area (Å²) in [4.78, 5) is 57.4. The van der Waals surface area contributed by atoms with Crippen LogP contribution in [0.2, 0.25) is 0 Å². The van der Waals surface area contributed by atoms with Gasteiger partial charge in [-0.25, -0.2) is 29.1 Å². The van der Waals surface area contributed by atoms with Gasteiger partial charge in [-0.2, -0.15) is 0 Å². The zero-order chi connectivity index (χ0) is 27.3. The molecule has 2 N–H and O–H groups in total. The smallest absolute Gasteiger partial charge is 0.361 e. The van der Waals surface area contributed by atoms with Crippen LogP contribution in [-0.2, 0) is 41.6 Å². The normalized spacial score (nSPS) is 10.2. The molecule has 12 heteroatoms. The number of carbonyl (C=O) groups excluding carboxylic acids is 4. The summed E-state index contributed by atoms with van der Waals surface area (Å²) in [5, 5.41) is 5.93. The van der Waals surface area contributed by atoms with Crippen LogP contribution in [0.5, 0.6) is 0 Å². The van der Waals surface area contributed by atoms with Crippen molar-refractivity contribution in [2.75, 3.05) is 38.1 Å². The Kier molecular flexibility index (Phi) is 10.1. The molecule has 0 spiro atoms. The minimum Gasteiger partial charge on any atom is -0.466 e. The van der Waals surface area contributed by atoms with Gasteiger partial charge in [0.05, 0.1) is 14.2 Å². The maximum absolute atomic E-state index is 12.9. The van der Waals surface area contributed by atoms with E-state index in [1.54, 1.807) is 0 Å². The third kappa shape index (κ3) is 8.01. The first kappa shape index (κ1) is 27.6. The lowest BCUT2D eigenvalue weighted by Gasteiger charge is -2.16. The summed E-state index contributed by atoms with van der Waals surface area (Å²) in [5.74, 6) is -3.68. The topological polar surface area (TPSA) is 155 Å². The van der Waals surface area contributed by atoms with E-state index in [-0.39, 0.29) is 36.1 Å². The number of anilines is 2. The Bertz CT molecular complexity index is 1170. The van der Waals surface area contributed by atoms with E-state index in [0.29, 0.717) is 0 Å². The van der Waals surface area contributed by atoms with Crippen LogP contribution >= 0.6 is 0 Å². The van der Waals surface area contributed by atoms with Crippen molar-refractivity contribution in [1.29, 1.82) is 0 Å². The highest BCUT2D eigenvalue weighted by Gasteiger charge is 2.26. The standard InChI is InChI=1S/C26H26N4O8/c1-35-19(31)15-37-25(33)21-23(27-13-17-9-5-3-6-10-17)30-22(26(34)38-16-20(32)36-2)24(29-21)28-14-18-11-7-4-8-12-18/h3-12H,13-16H2,1-2H3,(H,28,29)(H,27,30). The maximum Gasteiger partial charge on any atom is 0.361 e. The third-order valence-electron chi connectivity index (χ3n) is 4.99. The Morgan fingerprint density at radius 1 is 0.632 bits per heavy atom. The molecule has 198 valence electrons. The van der Waals surface area contributed by atoms with E-state index in [4.69, 9.17) is 9.47 Å². The summed E-state index contributed by atoms with van der Waals surface area (Å²) in [6.45, 7) is -0.851. The van der Waals surface area contributed by atoms with Gasteiger partial charge in [0.1, 0.15) is 0 Å². The van der Waals surface area contributed by atoms with Crippen molar-refractivity contribution in [2.24, 2.45) is 0 Å². The second-order valence-electron chi connectivity index (χ2n) is 7.60. The van der Waals surface area contributed by atoms with Gasteiger partial charge in [-0.15, -0.1) is 0 Å². The van der Waals surface area contributed by atoms with Gasteiger partial charge < -0.3 is 29.6 Å². The number of carbonyl (C=O) groups is 4. The number of rotatable bonds is 12. The highest BCUT2D eigenvalue weighted by molar-refractivity contribution is 5.98. The quantitative estimate of drug-likeness (QED) is 0.265. The molecule has 0 amide bonds. The molecule has 12 nitrogen and oxygen atoms in total. The van der Waals surface area contributed by atoms with Crippen molar-refractivity contribution < 1.29 is 38.1 Å². The molecule has 0 aliphatic carbocycles. The molecule has 0 saturated carbocycles. The average Bonchev–Trinajstić information content (AvgIpc) is 2.96. The fourth-order valence-electron chi connectivity index (χ4n) is 3.03. The highest BCUT2D eigenvalue weighted by Crippen LogP contribution is 2.22. The van der Waals surface area contributed by atoms with E-state index in [9.17, 15) is 19.2 Å². The molecular formula is C26H26N4O8. The molecule has 0 aliphatic heterocycles. The molecule has 0 radical (unpaired) electrons. The number of hydrogen-bond acceptors (Lipinski definition) is 12. The second kappa shape index (κ2) is 13.9. The van der Waals surface area contributed by atoms with Crippen LogP contribution in [0.3, 0.4) is 0 Å². The Labute approximate surface area is 218 Å². The molecule has 38 heavy (non-hydrogen) atoms. The van der Waals surface area contributed by atoms with Gasteiger partial charge in [0, 0.05) is 13.1 Å². The molecule has 0 unspecified atom stereocenters. The molecule has 1 heterocycles. The molecule has 0 fully saturated rings. The molecule has 0 saturated heterocycles. The van der Waals surface area contributed by atoms with E-state index in [1.165, 1.54) is 0 Å². The molecule has 3 aromatic rings. The predicted molar refractivity (Wildman–Crippen MR) is 134 cm³/mol. The van der Waals surface area contributed by atoms with E-state index in [1.807, 2.05) is 60.7 Å². The molecular weight excluding hydrogens is 496 g/mol. The number of ether oxygens (including phenoxy) is 4. The first-order valence-corrected chi connectivity index (χ1v) is 11.4. The van der Waals surface area contributed by atoms with Crippen LogP contribution in [0.1, 0.15) is 32.1 Å². The second-order valence-corrected chi connectivity index (χ2v) is 7.60. The zero-order valence-corrected chi connectivity index (χ0v) is 20.8. The highest BCUT2D eigenvalue weighted by atomic mass is 16.6. The summed E-state index contributed by atoms with van der Waals surface area (Å²) in [5.41, 5.74) is 1.13. The van der Waals surface area contributed by atoms with Crippen molar-refractivity contribution in [3.63, 3.8) is 0 Å². The molecule has 3 rings (SSSR count). The van der Waals surface area contributed by atoms with Crippen LogP contribution in [0.15, 0.2) is 60.7 Å². The lowest BCUT2D eigenvalue weighted by Crippen LogP contribution is -2.23. The number of aromatic nitrogens is 2. The van der Waals surface area contributed by atoms with Crippen molar-refractivity contribution in [2.45, 2.75) is 13.1 Å². The number of nitrogens with one attached hydrogen (secondary N) is 2. The Morgan fingerprint density at radius 2 is 1.00 bits per heavy atom. The van der Waals surface area contributed by atoms with E-state index >= 15 is 0 Å². The SMILES string of the molecule is COC(=O)COC(=O)c1nc(NCc2ccccc2)c(C(=O)OCC(=O)OC)nc1NCc1ccccc1. The predicted octanol–water partition coefficient (Wildman–Crippen LogP) is 2.36. The third-order valence-corrected chi connectivity index (χ3v) is 4.99. The average molecular weight is 523 g/mol. The monoisotopic (exact) mass is 522 g/mol. The number of esters is 4. The fraction of sp³-hybridized carbons (Fsp3) is 0.231. The van der Waals surface area contributed by atoms with Crippen LogP contribution in [0, 0.1) is 0 Å². The first-order valence-electron chi connectivity index (χ1n) is 11.4. The van der Waals surface area contributed by atoms with Gasteiger partial charge in [0.15, 0.2) is 36.2 Å². The van der Waals surface area contributed by atoms with Gasteiger partial charge in [-0.05, 0) is 11.1 Å². The molecule has 0 aliphatic rings. The molecule has 2 aromatic carbocycles. The number of methoxy groups -OCH3 is 2. The summed E-state index contributed by atoms with van der Waals surface area (Å²) >= 11 is 0. The maximum atomic E-state index is 12.9.